The van der Waals surface area contributed by atoms with Crippen molar-refractivity contribution in [3.05, 3.63) is 77.1 Å². The molecule has 0 radical (unpaired) electrons. The molecule has 0 saturated carbocycles. The van der Waals surface area contributed by atoms with Gasteiger partial charge in [0.05, 0.1) is 6.20 Å². The molecule has 3 rings (SSSR count). The number of benzene rings is 2. The summed E-state index contributed by atoms with van der Waals surface area (Å²) in [6, 6.07) is 16.8. The lowest BCUT2D eigenvalue weighted by molar-refractivity contribution is 0.669. The highest BCUT2D eigenvalue weighted by molar-refractivity contribution is 6.30. The van der Waals surface area contributed by atoms with Crippen LogP contribution >= 0.6 is 11.6 Å². The highest BCUT2D eigenvalue weighted by Crippen LogP contribution is 2.31. The number of hydrogen-bond donors (Lipinski definition) is 2. The number of aromatic amines is 1. The van der Waals surface area contributed by atoms with Gasteiger partial charge >= 0.3 is 0 Å². The Bertz CT molecular complexity index is 718. The lowest BCUT2D eigenvalue weighted by Crippen LogP contribution is -2.06. The van der Waals surface area contributed by atoms with Crippen LogP contribution in [0.2, 0.25) is 5.02 Å². The SMILES string of the molecule is NCCCC(c1ccc(Cl)cc1)c1ccc(-c2cn[nH]c2)cc1. The van der Waals surface area contributed by atoms with Gasteiger partial charge in [-0.1, -0.05) is 48.0 Å². The first-order chi connectivity index (χ1) is 11.3. The molecule has 1 atom stereocenters. The molecule has 1 unspecified atom stereocenters. The number of halogens is 1. The zero-order valence-corrected chi connectivity index (χ0v) is 13.6. The van der Waals surface area contributed by atoms with Crippen LogP contribution in [0.3, 0.4) is 0 Å². The van der Waals surface area contributed by atoms with Crippen LogP contribution in [0.1, 0.15) is 29.9 Å². The van der Waals surface area contributed by atoms with Crippen molar-refractivity contribution < 1.29 is 0 Å². The van der Waals surface area contributed by atoms with Crippen LogP contribution in [-0.4, -0.2) is 16.7 Å². The number of rotatable bonds is 6. The van der Waals surface area contributed by atoms with Gasteiger partial charge in [0.15, 0.2) is 0 Å². The molecule has 118 valence electrons. The van der Waals surface area contributed by atoms with Crippen LogP contribution in [0.4, 0.5) is 0 Å². The second-order valence-corrected chi connectivity index (χ2v) is 6.08. The molecule has 4 heteroatoms. The maximum absolute atomic E-state index is 6.02. The Morgan fingerprint density at radius 3 is 2.17 bits per heavy atom. The molecule has 23 heavy (non-hydrogen) atoms. The quantitative estimate of drug-likeness (QED) is 0.695. The number of hydrogen-bond acceptors (Lipinski definition) is 2. The second kappa shape index (κ2) is 7.44. The topological polar surface area (TPSA) is 54.7 Å². The summed E-state index contributed by atoms with van der Waals surface area (Å²) in [5.41, 5.74) is 10.6. The van der Waals surface area contributed by atoms with Crippen molar-refractivity contribution in [3.63, 3.8) is 0 Å². The molecule has 1 heterocycles. The predicted octanol–water partition coefficient (Wildman–Crippen LogP) is 4.60. The van der Waals surface area contributed by atoms with Gasteiger partial charge in [-0.05, 0) is 48.2 Å². The zero-order chi connectivity index (χ0) is 16.1. The van der Waals surface area contributed by atoms with Crippen LogP contribution < -0.4 is 5.73 Å². The van der Waals surface area contributed by atoms with E-state index in [1.807, 2.05) is 24.5 Å². The van der Waals surface area contributed by atoms with Crippen molar-refractivity contribution in [1.82, 2.24) is 10.2 Å². The average molecular weight is 326 g/mol. The summed E-state index contributed by atoms with van der Waals surface area (Å²) in [7, 11) is 0. The second-order valence-electron chi connectivity index (χ2n) is 5.64. The van der Waals surface area contributed by atoms with Crippen molar-refractivity contribution in [1.29, 1.82) is 0 Å². The average Bonchev–Trinajstić information content (AvgIpc) is 3.12. The van der Waals surface area contributed by atoms with Crippen LogP contribution in [0.15, 0.2) is 60.9 Å². The third-order valence-corrected chi connectivity index (χ3v) is 4.37. The molecule has 3 N–H and O–H groups in total. The smallest absolute Gasteiger partial charge is 0.0565 e. The van der Waals surface area contributed by atoms with Crippen LogP contribution in [0, 0.1) is 0 Å². The van der Waals surface area contributed by atoms with Gasteiger partial charge in [-0.2, -0.15) is 5.10 Å². The minimum absolute atomic E-state index is 0.342. The Kier molecular flexibility index (Phi) is 5.11. The van der Waals surface area contributed by atoms with Crippen molar-refractivity contribution >= 4 is 11.6 Å². The number of aromatic nitrogens is 2. The van der Waals surface area contributed by atoms with E-state index in [1.54, 1.807) is 0 Å². The van der Waals surface area contributed by atoms with Gasteiger partial charge < -0.3 is 5.73 Å². The Hall–Kier alpha value is -2.10. The normalized spacial score (nSPS) is 12.3. The van der Waals surface area contributed by atoms with E-state index in [0.717, 1.165) is 29.0 Å². The fourth-order valence-electron chi connectivity index (χ4n) is 2.86. The van der Waals surface area contributed by atoms with Gasteiger partial charge in [-0.3, -0.25) is 5.10 Å². The van der Waals surface area contributed by atoms with Crippen LogP contribution in [0.5, 0.6) is 0 Å². The number of nitrogens with two attached hydrogens (primary N) is 1. The molecular weight excluding hydrogens is 306 g/mol. The van der Waals surface area contributed by atoms with E-state index in [2.05, 4.69) is 46.6 Å². The van der Waals surface area contributed by atoms with E-state index in [0.29, 0.717) is 12.5 Å². The van der Waals surface area contributed by atoms with Crippen LogP contribution in [-0.2, 0) is 0 Å². The molecule has 0 fully saturated rings. The van der Waals surface area contributed by atoms with Crippen molar-refractivity contribution in [3.8, 4) is 11.1 Å². The molecule has 0 aliphatic carbocycles. The first-order valence-corrected chi connectivity index (χ1v) is 8.20. The summed E-state index contributed by atoms with van der Waals surface area (Å²) in [6.07, 6.45) is 5.76. The standard InChI is InChI=1S/C19H20ClN3/c20-18-9-7-16(8-10-18)19(2-1-11-21)15-5-3-14(4-6-15)17-12-22-23-13-17/h3-10,12-13,19H,1-2,11,21H2,(H,22,23). The summed E-state index contributed by atoms with van der Waals surface area (Å²) in [5.74, 6) is 0.342. The Labute approximate surface area is 141 Å². The predicted molar refractivity (Wildman–Crippen MR) is 95.6 cm³/mol. The molecular formula is C19H20ClN3. The highest BCUT2D eigenvalue weighted by Gasteiger charge is 2.14. The first kappa shape index (κ1) is 15.8. The number of H-pyrrole nitrogens is 1. The molecule has 3 nitrogen and oxygen atoms in total. The third kappa shape index (κ3) is 3.81. The van der Waals surface area contributed by atoms with E-state index in [9.17, 15) is 0 Å². The molecule has 0 saturated heterocycles. The molecule has 2 aromatic carbocycles. The summed E-state index contributed by atoms with van der Waals surface area (Å²) in [4.78, 5) is 0. The fourth-order valence-corrected chi connectivity index (χ4v) is 2.99. The molecule has 3 aromatic rings. The summed E-state index contributed by atoms with van der Waals surface area (Å²) in [6.45, 7) is 0.706. The summed E-state index contributed by atoms with van der Waals surface area (Å²) >= 11 is 6.02. The lowest BCUT2D eigenvalue weighted by atomic mass is 9.87. The summed E-state index contributed by atoms with van der Waals surface area (Å²) in [5, 5.41) is 7.61. The molecule has 1 aromatic heterocycles. The van der Waals surface area contributed by atoms with Gasteiger partial charge in [0, 0.05) is 22.7 Å². The van der Waals surface area contributed by atoms with E-state index < -0.39 is 0 Å². The number of nitrogens with zero attached hydrogens (tertiary/aromatic N) is 1. The lowest BCUT2D eigenvalue weighted by Gasteiger charge is -2.18. The van der Waals surface area contributed by atoms with Crippen molar-refractivity contribution in [2.45, 2.75) is 18.8 Å². The molecule has 0 aliphatic rings. The van der Waals surface area contributed by atoms with E-state index >= 15 is 0 Å². The zero-order valence-electron chi connectivity index (χ0n) is 12.9. The summed E-state index contributed by atoms with van der Waals surface area (Å²) < 4.78 is 0. The Morgan fingerprint density at radius 2 is 1.61 bits per heavy atom. The first-order valence-electron chi connectivity index (χ1n) is 7.82. The van der Waals surface area contributed by atoms with Gasteiger partial charge in [-0.15, -0.1) is 0 Å². The monoisotopic (exact) mass is 325 g/mol. The largest absolute Gasteiger partial charge is 0.330 e. The third-order valence-electron chi connectivity index (χ3n) is 4.11. The fraction of sp³-hybridized carbons (Fsp3) is 0.211. The minimum Gasteiger partial charge on any atom is -0.330 e. The van der Waals surface area contributed by atoms with E-state index in [1.165, 1.54) is 11.1 Å². The van der Waals surface area contributed by atoms with Gasteiger partial charge in [0.1, 0.15) is 0 Å². The number of nitrogens with one attached hydrogen (secondary N) is 1. The Morgan fingerprint density at radius 1 is 0.957 bits per heavy atom. The van der Waals surface area contributed by atoms with E-state index in [4.69, 9.17) is 17.3 Å². The molecule has 0 bridgehead atoms. The Balaban J connectivity index is 1.88. The van der Waals surface area contributed by atoms with Crippen molar-refractivity contribution in [2.24, 2.45) is 5.73 Å². The minimum atomic E-state index is 0.342. The van der Waals surface area contributed by atoms with Gasteiger partial charge in [-0.25, -0.2) is 0 Å². The van der Waals surface area contributed by atoms with Crippen LogP contribution in [0.25, 0.3) is 11.1 Å². The molecule has 0 aliphatic heterocycles. The molecule has 0 spiro atoms. The van der Waals surface area contributed by atoms with Gasteiger partial charge in [0.2, 0.25) is 0 Å². The van der Waals surface area contributed by atoms with Crippen molar-refractivity contribution in [2.75, 3.05) is 6.54 Å². The van der Waals surface area contributed by atoms with E-state index in [-0.39, 0.29) is 0 Å². The van der Waals surface area contributed by atoms with Gasteiger partial charge in [0.25, 0.3) is 0 Å². The maximum Gasteiger partial charge on any atom is 0.0565 e. The molecule has 0 amide bonds. The maximum atomic E-state index is 6.02. The highest BCUT2D eigenvalue weighted by atomic mass is 35.5.